The quantitative estimate of drug-likeness (QED) is 0.763. The van der Waals surface area contributed by atoms with Gasteiger partial charge in [-0.25, -0.2) is 4.99 Å². The van der Waals surface area contributed by atoms with Crippen molar-refractivity contribution in [3.63, 3.8) is 0 Å². The summed E-state index contributed by atoms with van der Waals surface area (Å²) in [6, 6.07) is 8.13. The summed E-state index contributed by atoms with van der Waals surface area (Å²) in [4.78, 5) is 20.0. The van der Waals surface area contributed by atoms with E-state index in [-0.39, 0.29) is 5.91 Å². The van der Waals surface area contributed by atoms with E-state index in [9.17, 15) is 4.79 Å². The normalized spacial score (nSPS) is 17.6. The molecule has 4 nitrogen and oxygen atoms in total. The van der Waals surface area contributed by atoms with Gasteiger partial charge in [0.05, 0.1) is 0 Å². The van der Waals surface area contributed by atoms with Crippen LogP contribution in [0.2, 0.25) is 0 Å². The first-order valence-electron chi connectivity index (χ1n) is 6.24. The van der Waals surface area contributed by atoms with E-state index >= 15 is 0 Å². The maximum Gasteiger partial charge on any atom is 0.277 e. The van der Waals surface area contributed by atoms with Crippen LogP contribution < -0.4 is 4.90 Å². The minimum atomic E-state index is -0.0355. The molecule has 0 bridgehead atoms. The first kappa shape index (κ1) is 13.3. The van der Waals surface area contributed by atoms with Crippen LogP contribution in [0.25, 0.3) is 5.57 Å². The zero-order valence-electron chi connectivity index (χ0n) is 12.1. The highest BCUT2D eigenvalue weighted by Gasteiger charge is 2.25. The van der Waals surface area contributed by atoms with Crippen LogP contribution in [0.3, 0.4) is 0 Å². The fraction of sp³-hybridized carbons (Fsp3) is 0.333. The van der Waals surface area contributed by atoms with Crippen molar-refractivity contribution in [2.45, 2.75) is 13.8 Å². The number of amidine groups is 1. The number of allylic oxidation sites excluding steroid dienone is 1. The van der Waals surface area contributed by atoms with Crippen molar-refractivity contribution in [2.24, 2.45) is 4.99 Å². The maximum atomic E-state index is 12.1. The van der Waals surface area contributed by atoms with Crippen LogP contribution >= 0.6 is 0 Å². The Balaban J connectivity index is 2.39. The number of nitrogens with zero attached hydrogens (tertiary/aromatic N) is 3. The summed E-state index contributed by atoms with van der Waals surface area (Å²) in [5, 5.41) is 0. The van der Waals surface area contributed by atoms with Crippen molar-refractivity contribution in [3.05, 3.63) is 35.5 Å². The van der Waals surface area contributed by atoms with E-state index in [1.54, 1.807) is 11.9 Å². The number of hydrogen-bond acceptors (Lipinski definition) is 3. The minimum absolute atomic E-state index is 0.0355. The highest BCUT2D eigenvalue weighted by atomic mass is 16.2. The third-order valence-electron chi connectivity index (χ3n) is 3.44. The van der Waals surface area contributed by atoms with E-state index in [1.165, 1.54) is 0 Å². The Morgan fingerprint density at radius 3 is 2.21 bits per heavy atom. The van der Waals surface area contributed by atoms with Crippen LogP contribution in [-0.2, 0) is 4.79 Å². The molecule has 0 fully saturated rings. The summed E-state index contributed by atoms with van der Waals surface area (Å²) in [7, 11) is 5.75. The second-order valence-corrected chi connectivity index (χ2v) is 4.94. The molecule has 0 aromatic heterocycles. The monoisotopic (exact) mass is 257 g/mol. The molecule has 1 aliphatic heterocycles. The second-order valence-electron chi connectivity index (χ2n) is 4.94. The van der Waals surface area contributed by atoms with E-state index in [0.717, 1.165) is 22.7 Å². The Bertz CT molecular complexity index is 568. The fourth-order valence-corrected chi connectivity index (χ4v) is 1.98. The van der Waals surface area contributed by atoms with Gasteiger partial charge in [0.25, 0.3) is 5.91 Å². The number of anilines is 1. The average Bonchev–Trinajstić information content (AvgIpc) is 2.66. The van der Waals surface area contributed by atoms with Gasteiger partial charge < -0.3 is 4.90 Å². The summed E-state index contributed by atoms with van der Waals surface area (Å²) in [6.07, 6.45) is 0. The van der Waals surface area contributed by atoms with Gasteiger partial charge in [-0.1, -0.05) is 12.1 Å². The van der Waals surface area contributed by atoms with Crippen molar-refractivity contribution in [1.82, 2.24) is 4.90 Å². The molecule has 4 heteroatoms. The number of aliphatic imine (C=N–C) groups is 1. The van der Waals surface area contributed by atoms with Crippen LogP contribution in [-0.4, -0.2) is 37.8 Å². The lowest BCUT2D eigenvalue weighted by molar-refractivity contribution is -0.121. The van der Waals surface area contributed by atoms with Gasteiger partial charge in [0.2, 0.25) is 0 Å². The van der Waals surface area contributed by atoms with Crippen LogP contribution in [0.4, 0.5) is 5.69 Å². The predicted molar refractivity (Wildman–Crippen MR) is 79.2 cm³/mol. The number of rotatable bonds is 2. The number of carbonyl (C=O) groups is 1. The Kier molecular flexibility index (Phi) is 3.42. The van der Waals surface area contributed by atoms with E-state index in [1.807, 2.05) is 57.1 Å². The van der Waals surface area contributed by atoms with E-state index in [4.69, 9.17) is 0 Å². The molecule has 1 heterocycles. The largest absolute Gasteiger partial charge is 0.378 e. The summed E-state index contributed by atoms with van der Waals surface area (Å²) >= 11 is 0. The van der Waals surface area contributed by atoms with Crippen molar-refractivity contribution in [1.29, 1.82) is 0 Å². The van der Waals surface area contributed by atoms with E-state index in [0.29, 0.717) is 5.70 Å². The first-order chi connectivity index (χ1) is 8.91. The standard InChI is InChI=1S/C15H19N3O/c1-10(14-15(19)18(5)11(2)16-14)12-6-8-13(9-7-12)17(3)4/h6-9H,1-5H3/b14-10-. The van der Waals surface area contributed by atoms with Crippen molar-refractivity contribution < 1.29 is 4.79 Å². The number of hydrogen-bond donors (Lipinski definition) is 0. The van der Waals surface area contributed by atoms with Gasteiger partial charge in [-0.05, 0) is 37.1 Å². The highest BCUT2D eigenvalue weighted by Crippen LogP contribution is 2.25. The SMILES string of the molecule is CC1=N/C(=C(/C)c2ccc(N(C)C)cc2)C(=O)N1C. The molecule has 0 radical (unpaired) electrons. The molecule has 0 N–H and O–H groups in total. The van der Waals surface area contributed by atoms with Crippen molar-refractivity contribution in [3.8, 4) is 0 Å². The molecule has 1 aromatic carbocycles. The third-order valence-corrected chi connectivity index (χ3v) is 3.44. The molecule has 19 heavy (non-hydrogen) atoms. The Morgan fingerprint density at radius 2 is 1.79 bits per heavy atom. The molecular formula is C15H19N3O. The van der Waals surface area contributed by atoms with E-state index in [2.05, 4.69) is 4.99 Å². The molecule has 0 aliphatic carbocycles. The molecule has 1 amide bonds. The predicted octanol–water partition coefficient (Wildman–Crippen LogP) is 2.37. The second kappa shape index (κ2) is 4.88. The molecule has 0 spiro atoms. The van der Waals surface area contributed by atoms with Gasteiger partial charge in [-0.2, -0.15) is 0 Å². The van der Waals surface area contributed by atoms with Crippen LogP contribution in [0.5, 0.6) is 0 Å². The molecule has 100 valence electrons. The van der Waals surface area contributed by atoms with Crippen molar-refractivity contribution >= 4 is 23.0 Å². The summed E-state index contributed by atoms with van der Waals surface area (Å²) < 4.78 is 0. The van der Waals surface area contributed by atoms with Crippen molar-refractivity contribution in [2.75, 3.05) is 26.0 Å². The molecule has 0 saturated carbocycles. The first-order valence-corrected chi connectivity index (χ1v) is 6.24. The van der Waals surface area contributed by atoms with Crippen LogP contribution in [0.15, 0.2) is 35.0 Å². The smallest absolute Gasteiger partial charge is 0.277 e. The minimum Gasteiger partial charge on any atom is -0.378 e. The number of amides is 1. The Hall–Kier alpha value is -2.10. The molecule has 0 unspecified atom stereocenters. The molecule has 0 atom stereocenters. The van der Waals surface area contributed by atoms with E-state index < -0.39 is 0 Å². The average molecular weight is 257 g/mol. The fourth-order valence-electron chi connectivity index (χ4n) is 1.98. The lowest BCUT2D eigenvalue weighted by Gasteiger charge is -2.13. The molecule has 1 aliphatic rings. The number of likely N-dealkylation sites (N-methyl/N-ethyl adjacent to an activating group) is 1. The van der Waals surface area contributed by atoms with Gasteiger partial charge in [0, 0.05) is 26.8 Å². The zero-order valence-corrected chi connectivity index (χ0v) is 12.1. The Morgan fingerprint density at radius 1 is 1.21 bits per heavy atom. The number of carbonyl (C=O) groups excluding carboxylic acids is 1. The number of benzene rings is 1. The summed E-state index contributed by atoms with van der Waals surface area (Å²) in [6.45, 7) is 3.78. The van der Waals surface area contributed by atoms with Gasteiger partial charge >= 0.3 is 0 Å². The van der Waals surface area contributed by atoms with Gasteiger partial charge in [0.15, 0.2) is 0 Å². The van der Waals surface area contributed by atoms with Gasteiger partial charge in [-0.15, -0.1) is 0 Å². The lowest BCUT2D eigenvalue weighted by atomic mass is 10.0. The summed E-state index contributed by atoms with van der Waals surface area (Å²) in [5.74, 6) is 0.705. The maximum absolute atomic E-state index is 12.1. The molecule has 0 saturated heterocycles. The van der Waals surface area contributed by atoms with Gasteiger partial charge in [0.1, 0.15) is 11.5 Å². The zero-order chi connectivity index (χ0) is 14.2. The molecular weight excluding hydrogens is 238 g/mol. The molecule has 1 aromatic rings. The highest BCUT2D eigenvalue weighted by molar-refractivity contribution is 6.14. The topological polar surface area (TPSA) is 35.9 Å². The lowest BCUT2D eigenvalue weighted by Crippen LogP contribution is -2.25. The van der Waals surface area contributed by atoms with Gasteiger partial charge in [-0.3, -0.25) is 9.69 Å². The van der Waals surface area contributed by atoms with Crippen LogP contribution in [0, 0.1) is 0 Å². The Labute approximate surface area is 114 Å². The van der Waals surface area contributed by atoms with Crippen LogP contribution in [0.1, 0.15) is 19.4 Å². The molecule has 2 rings (SSSR count). The third kappa shape index (κ3) is 2.38. The summed E-state index contributed by atoms with van der Waals surface area (Å²) in [5.41, 5.74) is 3.62.